The molecule has 4 heteroatoms. The SMILES string of the molecule is CNC(C)(CCCOC)C(N)=O. The number of hydrogen-bond donors (Lipinski definition) is 2. The molecule has 0 spiro atoms. The van der Waals surface area contributed by atoms with E-state index in [4.69, 9.17) is 10.5 Å². The number of carbonyl (C=O) groups is 1. The molecule has 0 rings (SSSR count). The van der Waals surface area contributed by atoms with Crippen LogP contribution >= 0.6 is 0 Å². The van der Waals surface area contributed by atoms with Crippen LogP contribution in [0.3, 0.4) is 0 Å². The van der Waals surface area contributed by atoms with E-state index in [-0.39, 0.29) is 5.91 Å². The molecule has 4 nitrogen and oxygen atoms in total. The van der Waals surface area contributed by atoms with E-state index in [2.05, 4.69) is 5.32 Å². The summed E-state index contributed by atoms with van der Waals surface area (Å²) in [5.41, 5.74) is 4.62. The zero-order chi connectivity index (χ0) is 9.61. The lowest BCUT2D eigenvalue weighted by Crippen LogP contribution is -2.51. The standard InChI is InChI=1S/C8H18N2O2/c1-8(10-2,7(9)11)5-4-6-12-3/h10H,4-6H2,1-3H3,(H2,9,11). The van der Waals surface area contributed by atoms with Crippen LogP contribution in [0.15, 0.2) is 0 Å². The first kappa shape index (κ1) is 11.4. The van der Waals surface area contributed by atoms with Gasteiger partial charge in [0.15, 0.2) is 0 Å². The molecule has 12 heavy (non-hydrogen) atoms. The van der Waals surface area contributed by atoms with Gasteiger partial charge in [-0.3, -0.25) is 4.79 Å². The van der Waals surface area contributed by atoms with Crippen molar-refractivity contribution in [2.45, 2.75) is 25.3 Å². The molecule has 72 valence electrons. The number of methoxy groups -OCH3 is 1. The lowest BCUT2D eigenvalue weighted by atomic mass is 9.95. The van der Waals surface area contributed by atoms with E-state index in [1.165, 1.54) is 0 Å². The molecule has 0 heterocycles. The molecule has 0 saturated carbocycles. The Morgan fingerprint density at radius 2 is 2.25 bits per heavy atom. The van der Waals surface area contributed by atoms with E-state index in [1.54, 1.807) is 21.1 Å². The van der Waals surface area contributed by atoms with Gasteiger partial charge in [0.25, 0.3) is 0 Å². The molecule has 0 saturated heterocycles. The van der Waals surface area contributed by atoms with Crippen LogP contribution in [0.25, 0.3) is 0 Å². The van der Waals surface area contributed by atoms with Crippen molar-refractivity contribution < 1.29 is 9.53 Å². The van der Waals surface area contributed by atoms with Gasteiger partial charge in [-0.2, -0.15) is 0 Å². The summed E-state index contributed by atoms with van der Waals surface area (Å²) in [5, 5.41) is 2.91. The van der Waals surface area contributed by atoms with Gasteiger partial charge in [0.2, 0.25) is 5.91 Å². The van der Waals surface area contributed by atoms with E-state index < -0.39 is 5.54 Å². The molecule has 0 aromatic rings. The highest BCUT2D eigenvalue weighted by molar-refractivity contribution is 5.84. The molecule has 0 aliphatic carbocycles. The Bertz CT molecular complexity index is 150. The number of rotatable bonds is 6. The number of ether oxygens (including phenoxy) is 1. The van der Waals surface area contributed by atoms with Crippen LogP contribution < -0.4 is 11.1 Å². The predicted octanol–water partition coefficient (Wildman–Crippen LogP) is -0.124. The van der Waals surface area contributed by atoms with Gasteiger partial charge in [-0.25, -0.2) is 0 Å². The van der Waals surface area contributed by atoms with Gasteiger partial charge in [-0.15, -0.1) is 0 Å². The summed E-state index contributed by atoms with van der Waals surface area (Å²) in [5.74, 6) is -0.318. The minimum atomic E-state index is -0.599. The fraction of sp³-hybridized carbons (Fsp3) is 0.875. The number of primary amides is 1. The van der Waals surface area contributed by atoms with E-state index >= 15 is 0 Å². The fourth-order valence-corrected chi connectivity index (χ4v) is 0.941. The minimum Gasteiger partial charge on any atom is -0.385 e. The summed E-state index contributed by atoms with van der Waals surface area (Å²) >= 11 is 0. The van der Waals surface area contributed by atoms with Crippen molar-refractivity contribution in [1.29, 1.82) is 0 Å². The molecule has 0 aliphatic rings. The van der Waals surface area contributed by atoms with Crippen molar-refractivity contribution >= 4 is 5.91 Å². The molecule has 1 atom stereocenters. The van der Waals surface area contributed by atoms with Gasteiger partial charge in [0, 0.05) is 13.7 Å². The van der Waals surface area contributed by atoms with Crippen molar-refractivity contribution in [3.63, 3.8) is 0 Å². The summed E-state index contributed by atoms with van der Waals surface area (Å²) in [4.78, 5) is 11.0. The van der Waals surface area contributed by atoms with Crippen LogP contribution in [0.1, 0.15) is 19.8 Å². The number of hydrogen-bond acceptors (Lipinski definition) is 3. The number of likely N-dealkylation sites (N-methyl/N-ethyl adjacent to an activating group) is 1. The Kier molecular flexibility index (Phi) is 4.85. The largest absolute Gasteiger partial charge is 0.385 e. The normalized spacial score (nSPS) is 15.6. The molecule has 0 aromatic carbocycles. The summed E-state index contributed by atoms with van der Waals surface area (Å²) in [6.07, 6.45) is 1.53. The summed E-state index contributed by atoms with van der Waals surface area (Å²) in [6.45, 7) is 2.45. The molecule has 1 unspecified atom stereocenters. The molecule has 0 aromatic heterocycles. The minimum absolute atomic E-state index is 0.318. The molecule has 3 N–H and O–H groups in total. The van der Waals surface area contributed by atoms with Crippen molar-refractivity contribution in [2.75, 3.05) is 20.8 Å². The lowest BCUT2D eigenvalue weighted by molar-refractivity contribution is -0.124. The first-order chi connectivity index (χ1) is 5.56. The molecule has 0 fully saturated rings. The molecular weight excluding hydrogens is 156 g/mol. The quantitative estimate of drug-likeness (QED) is 0.552. The second-order valence-electron chi connectivity index (χ2n) is 3.04. The van der Waals surface area contributed by atoms with Crippen LogP contribution in [0, 0.1) is 0 Å². The summed E-state index contributed by atoms with van der Waals surface area (Å²) in [7, 11) is 3.37. The third-order valence-corrected chi connectivity index (χ3v) is 2.12. The molecular formula is C8H18N2O2. The highest BCUT2D eigenvalue weighted by Gasteiger charge is 2.27. The van der Waals surface area contributed by atoms with Gasteiger partial charge in [0.1, 0.15) is 0 Å². The van der Waals surface area contributed by atoms with Crippen LogP contribution in [-0.2, 0) is 9.53 Å². The third kappa shape index (κ3) is 3.19. The lowest BCUT2D eigenvalue weighted by Gasteiger charge is -2.24. The van der Waals surface area contributed by atoms with E-state index in [0.29, 0.717) is 13.0 Å². The average Bonchev–Trinajstić information content (AvgIpc) is 2.04. The summed E-state index contributed by atoms with van der Waals surface area (Å²) in [6, 6.07) is 0. The zero-order valence-corrected chi connectivity index (χ0v) is 8.02. The van der Waals surface area contributed by atoms with Gasteiger partial charge >= 0.3 is 0 Å². The Labute approximate surface area is 73.5 Å². The monoisotopic (exact) mass is 174 g/mol. The Morgan fingerprint density at radius 1 is 1.67 bits per heavy atom. The highest BCUT2D eigenvalue weighted by Crippen LogP contribution is 2.10. The maximum Gasteiger partial charge on any atom is 0.237 e. The maximum atomic E-state index is 11.0. The molecule has 0 radical (unpaired) electrons. The predicted molar refractivity (Wildman–Crippen MR) is 47.8 cm³/mol. The first-order valence-corrected chi connectivity index (χ1v) is 4.04. The van der Waals surface area contributed by atoms with Crippen molar-refractivity contribution in [3.05, 3.63) is 0 Å². The molecule has 1 amide bonds. The van der Waals surface area contributed by atoms with E-state index in [0.717, 1.165) is 6.42 Å². The van der Waals surface area contributed by atoms with Crippen molar-refractivity contribution in [3.8, 4) is 0 Å². The number of nitrogens with one attached hydrogen (secondary N) is 1. The number of amides is 1. The van der Waals surface area contributed by atoms with Crippen LogP contribution in [0.5, 0.6) is 0 Å². The van der Waals surface area contributed by atoms with Crippen molar-refractivity contribution in [2.24, 2.45) is 5.73 Å². The van der Waals surface area contributed by atoms with E-state index in [9.17, 15) is 4.79 Å². The van der Waals surface area contributed by atoms with Gasteiger partial charge in [0.05, 0.1) is 5.54 Å². The topological polar surface area (TPSA) is 64.3 Å². The number of nitrogens with two attached hydrogens (primary N) is 1. The van der Waals surface area contributed by atoms with Gasteiger partial charge in [-0.05, 0) is 26.8 Å². The fourth-order valence-electron chi connectivity index (χ4n) is 0.941. The Hall–Kier alpha value is -0.610. The van der Waals surface area contributed by atoms with Crippen LogP contribution in [0.2, 0.25) is 0 Å². The molecule has 0 bridgehead atoms. The Morgan fingerprint density at radius 3 is 2.58 bits per heavy atom. The second-order valence-corrected chi connectivity index (χ2v) is 3.04. The van der Waals surface area contributed by atoms with Crippen molar-refractivity contribution in [1.82, 2.24) is 5.32 Å². The Balaban J connectivity index is 3.88. The molecule has 0 aliphatic heterocycles. The second kappa shape index (κ2) is 5.11. The van der Waals surface area contributed by atoms with Gasteiger partial charge < -0.3 is 15.8 Å². The maximum absolute atomic E-state index is 11.0. The zero-order valence-electron chi connectivity index (χ0n) is 8.02. The summed E-state index contributed by atoms with van der Waals surface area (Å²) < 4.78 is 4.88. The number of carbonyl (C=O) groups excluding carboxylic acids is 1. The average molecular weight is 174 g/mol. The van der Waals surface area contributed by atoms with Gasteiger partial charge in [-0.1, -0.05) is 0 Å². The highest BCUT2D eigenvalue weighted by atomic mass is 16.5. The third-order valence-electron chi connectivity index (χ3n) is 2.12. The van der Waals surface area contributed by atoms with Crippen LogP contribution in [-0.4, -0.2) is 32.2 Å². The van der Waals surface area contributed by atoms with Crippen LogP contribution in [0.4, 0.5) is 0 Å². The van der Waals surface area contributed by atoms with E-state index in [1.807, 2.05) is 0 Å². The first-order valence-electron chi connectivity index (χ1n) is 4.04. The smallest absolute Gasteiger partial charge is 0.237 e.